The average Bonchev–Trinajstić information content (AvgIpc) is 3.27. The van der Waals surface area contributed by atoms with Gasteiger partial charge >= 0.3 is 5.97 Å². The minimum absolute atomic E-state index is 0.0386. The highest BCUT2D eigenvalue weighted by atomic mass is 16.4. The molecule has 4 rings (SSSR count). The fraction of sp³-hybridized carbons (Fsp3) is 0.452. The summed E-state index contributed by atoms with van der Waals surface area (Å²) in [5.41, 5.74) is 5.91. The van der Waals surface area contributed by atoms with Crippen LogP contribution < -0.4 is 0 Å². The normalized spacial score (nSPS) is 25.3. The third-order valence-electron chi connectivity index (χ3n) is 8.04. The summed E-state index contributed by atoms with van der Waals surface area (Å²) < 4.78 is 0. The molecule has 2 unspecified atom stereocenters. The predicted octanol–water partition coefficient (Wildman–Crippen LogP) is 7.23. The van der Waals surface area contributed by atoms with Gasteiger partial charge < -0.3 is 10.2 Å². The van der Waals surface area contributed by atoms with Crippen LogP contribution in [0.25, 0.3) is 11.1 Å². The highest BCUT2D eigenvalue weighted by Crippen LogP contribution is 2.66. The number of carboxylic acids is 1. The second-order valence-electron chi connectivity index (χ2n) is 11.3. The molecule has 3 heteroatoms. The minimum atomic E-state index is -0.732. The Hall–Kier alpha value is -2.65. The molecular formula is C31H38O3. The number of rotatable bonds is 9. The first-order chi connectivity index (χ1) is 16.1. The summed E-state index contributed by atoms with van der Waals surface area (Å²) in [7, 11) is 0. The largest absolute Gasteiger partial charge is 0.481 e. The second kappa shape index (κ2) is 9.54. The molecule has 0 aliphatic heterocycles. The number of hydrogen-bond acceptors (Lipinski definition) is 2. The number of fused-ring (bicyclic) bond motifs is 1. The Morgan fingerprint density at radius 1 is 1.12 bits per heavy atom. The van der Waals surface area contributed by atoms with E-state index in [9.17, 15) is 15.0 Å². The van der Waals surface area contributed by atoms with Gasteiger partial charge in [-0.1, -0.05) is 93.6 Å². The number of hydrogen-bond donors (Lipinski definition) is 2. The molecule has 3 nitrogen and oxygen atoms in total. The lowest BCUT2D eigenvalue weighted by Crippen LogP contribution is -2.29. The van der Waals surface area contributed by atoms with Crippen molar-refractivity contribution in [3.63, 3.8) is 0 Å². The van der Waals surface area contributed by atoms with Gasteiger partial charge in [0.2, 0.25) is 0 Å². The van der Waals surface area contributed by atoms with Gasteiger partial charge in [-0.2, -0.15) is 0 Å². The van der Waals surface area contributed by atoms with Crippen molar-refractivity contribution in [2.45, 2.75) is 65.4 Å². The molecule has 2 aromatic carbocycles. The van der Waals surface area contributed by atoms with E-state index in [2.05, 4.69) is 75.0 Å². The molecule has 4 atom stereocenters. The van der Waals surface area contributed by atoms with E-state index in [1.807, 2.05) is 13.0 Å². The Morgan fingerprint density at radius 2 is 1.74 bits per heavy atom. The first kappa shape index (κ1) is 24.5. The third kappa shape index (κ3) is 4.63. The topological polar surface area (TPSA) is 57.5 Å². The molecule has 2 aromatic rings. The van der Waals surface area contributed by atoms with Crippen molar-refractivity contribution < 1.29 is 15.0 Å². The van der Waals surface area contributed by atoms with Gasteiger partial charge in [0.25, 0.3) is 0 Å². The van der Waals surface area contributed by atoms with Gasteiger partial charge in [0.15, 0.2) is 0 Å². The van der Waals surface area contributed by atoms with Gasteiger partial charge in [0.1, 0.15) is 0 Å². The van der Waals surface area contributed by atoms with Gasteiger partial charge in [-0.15, -0.1) is 0 Å². The van der Waals surface area contributed by atoms with Crippen molar-refractivity contribution in [1.82, 2.24) is 0 Å². The fourth-order valence-electron chi connectivity index (χ4n) is 7.01. The Kier molecular flexibility index (Phi) is 6.87. The SMILES string of the molecule is C=C(c1ccccc1)[C@@]12CC[C@H](O)C1CC(CC(C)(C)CC(C)CC(=O)O)=C2c1ccccc1. The predicted molar refractivity (Wildman–Crippen MR) is 139 cm³/mol. The quantitative estimate of drug-likeness (QED) is 0.417. The van der Waals surface area contributed by atoms with Crippen molar-refractivity contribution in [2.24, 2.45) is 22.7 Å². The monoisotopic (exact) mass is 458 g/mol. The zero-order valence-corrected chi connectivity index (χ0v) is 20.8. The second-order valence-corrected chi connectivity index (χ2v) is 11.3. The maximum Gasteiger partial charge on any atom is 0.303 e. The number of carbonyl (C=O) groups is 1. The van der Waals surface area contributed by atoms with E-state index in [-0.39, 0.29) is 35.2 Å². The molecule has 0 amide bonds. The van der Waals surface area contributed by atoms with Gasteiger partial charge in [-0.3, -0.25) is 4.79 Å². The Morgan fingerprint density at radius 3 is 2.35 bits per heavy atom. The standard InChI is InChI=1S/C31H38O3/c1-21(17-28(33)34)19-30(3,4)20-25-18-26-27(32)15-16-31(26,22(2)23-11-7-5-8-12-23)29(25)24-13-9-6-10-14-24/h5-14,21,26-27,32H,2,15-20H2,1,3-4H3,(H,33,34)/t21?,26?,27-,31-/m0/s1. The molecule has 0 heterocycles. The van der Waals surface area contributed by atoms with Crippen molar-refractivity contribution in [1.29, 1.82) is 0 Å². The van der Waals surface area contributed by atoms with E-state index in [0.717, 1.165) is 43.2 Å². The van der Waals surface area contributed by atoms with E-state index >= 15 is 0 Å². The molecule has 0 bridgehead atoms. The summed E-state index contributed by atoms with van der Waals surface area (Å²) in [6.45, 7) is 11.2. The van der Waals surface area contributed by atoms with Crippen LogP contribution in [-0.4, -0.2) is 22.3 Å². The Labute approximate surface area is 204 Å². The number of carboxylic acid groups (broad SMARTS) is 1. The first-order valence-electron chi connectivity index (χ1n) is 12.6. The summed E-state index contributed by atoms with van der Waals surface area (Å²) in [4.78, 5) is 11.3. The minimum Gasteiger partial charge on any atom is -0.481 e. The zero-order chi connectivity index (χ0) is 24.5. The summed E-state index contributed by atoms with van der Waals surface area (Å²) in [5, 5.41) is 20.4. The van der Waals surface area contributed by atoms with Crippen LogP contribution >= 0.6 is 0 Å². The molecule has 1 fully saturated rings. The fourth-order valence-corrected chi connectivity index (χ4v) is 7.01. The molecule has 1 saturated carbocycles. The molecule has 0 radical (unpaired) electrons. The van der Waals surface area contributed by atoms with E-state index in [1.165, 1.54) is 16.7 Å². The van der Waals surface area contributed by atoms with Crippen molar-refractivity contribution >= 4 is 17.1 Å². The molecule has 2 N–H and O–H groups in total. The first-order valence-corrected chi connectivity index (χ1v) is 12.6. The van der Waals surface area contributed by atoms with Gasteiger partial charge in [0.05, 0.1) is 6.10 Å². The molecule has 0 spiro atoms. The highest BCUT2D eigenvalue weighted by Gasteiger charge is 2.57. The number of benzene rings is 2. The van der Waals surface area contributed by atoms with Crippen molar-refractivity contribution in [2.75, 3.05) is 0 Å². The highest BCUT2D eigenvalue weighted by molar-refractivity contribution is 5.90. The van der Waals surface area contributed by atoms with E-state index < -0.39 is 5.97 Å². The third-order valence-corrected chi connectivity index (χ3v) is 8.04. The van der Waals surface area contributed by atoms with Gasteiger partial charge in [0, 0.05) is 17.8 Å². The van der Waals surface area contributed by atoms with Crippen LogP contribution in [0.2, 0.25) is 0 Å². The van der Waals surface area contributed by atoms with Crippen LogP contribution in [0.1, 0.15) is 70.4 Å². The molecule has 180 valence electrons. The number of aliphatic hydroxyl groups excluding tert-OH is 1. The van der Waals surface area contributed by atoms with E-state index in [0.29, 0.717) is 0 Å². The van der Waals surface area contributed by atoms with Crippen LogP contribution in [0, 0.1) is 22.7 Å². The van der Waals surface area contributed by atoms with Crippen molar-refractivity contribution in [3.8, 4) is 0 Å². The molecule has 2 aliphatic rings. The zero-order valence-electron chi connectivity index (χ0n) is 20.8. The number of aliphatic hydroxyl groups is 1. The van der Waals surface area contributed by atoms with Crippen LogP contribution in [-0.2, 0) is 4.79 Å². The van der Waals surface area contributed by atoms with Gasteiger partial charge in [-0.25, -0.2) is 0 Å². The average molecular weight is 459 g/mol. The maximum atomic E-state index is 11.3. The van der Waals surface area contributed by atoms with Crippen LogP contribution in [0.4, 0.5) is 0 Å². The van der Waals surface area contributed by atoms with Gasteiger partial charge in [-0.05, 0) is 65.7 Å². The molecule has 0 saturated heterocycles. The number of aliphatic carboxylic acids is 1. The lowest BCUT2D eigenvalue weighted by molar-refractivity contribution is -0.138. The Balaban J connectivity index is 1.80. The number of allylic oxidation sites excluding steroid dienone is 3. The smallest absolute Gasteiger partial charge is 0.303 e. The molecular weight excluding hydrogens is 420 g/mol. The van der Waals surface area contributed by atoms with E-state index in [1.54, 1.807) is 0 Å². The summed E-state index contributed by atoms with van der Waals surface area (Å²) in [5.74, 6) is -0.491. The van der Waals surface area contributed by atoms with Crippen molar-refractivity contribution in [3.05, 3.63) is 83.9 Å². The lowest BCUT2D eigenvalue weighted by atomic mass is 9.66. The molecule has 34 heavy (non-hydrogen) atoms. The van der Waals surface area contributed by atoms with E-state index in [4.69, 9.17) is 0 Å². The maximum absolute atomic E-state index is 11.3. The summed E-state index contributed by atoms with van der Waals surface area (Å²) in [6.07, 6.45) is 4.16. The molecule has 0 aromatic heterocycles. The Bertz CT molecular complexity index is 1070. The molecule has 2 aliphatic carbocycles. The lowest BCUT2D eigenvalue weighted by Gasteiger charge is -2.37. The van der Waals surface area contributed by atoms with Crippen LogP contribution in [0.15, 0.2) is 72.8 Å². The summed E-state index contributed by atoms with van der Waals surface area (Å²) in [6, 6.07) is 21.1. The summed E-state index contributed by atoms with van der Waals surface area (Å²) >= 11 is 0. The van der Waals surface area contributed by atoms with Crippen LogP contribution in [0.5, 0.6) is 0 Å². The van der Waals surface area contributed by atoms with Crippen LogP contribution in [0.3, 0.4) is 0 Å².